The van der Waals surface area contributed by atoms with E-state index in [1.165, 1.54) is 13.2 Å². The van der Waals surface area contributed by atoms with Gasteiger partial charge in [0.25, 0.3) is 0 Å². The van der Waals surface area contributed by atoms with Crippen LogP contribution < -0.4 is 0 Å². The van der Waals surface area contributed by atoms with E-state index in [0.29, 0.717) is 11.5 Å². The molecule has 20 heavy (non-hydrogen) atoms. The van der Waals surface area contributed by atoms with Gasteiger partial charge in [0.2, 0.25) is 0 Å². The van der Waals surface area contributed by atoms with Crippen molar-refractivity contribution >= 4 is 36.0 Å². The summed E-state index contributed by atoms with van der Waals surface area (Å²) in [7, 11) is 0.268. The molecule has 0 aliphatic heterocycles. The minimum Gasteiger partial charge on any atom is -0.466 e. The zero-order chi connectivity index (χ0) is 15.2. The molecular formula is C13H21BrN2O3Si. The summed E-state index contributed by atoms with van der Waals surface area (Å²) >= 11 is 3.36. The fourth-order valence-corrected chi connectivity index (χ4v) is 2.55. The Morgan fingerprint density at radius 1 is 1.50 bits per heavy atom. The van der Waals surface area contributed by atoms with E-state index in [-0.39, 0.29) is 0 Å². The maximum atomic E-state index is 11.1. The molecule has 5 nitrogen and oxygen atoms in total. The fourth-order valence-electron chi connectivity index (χ4n) is 1.38. The molecule has 0 saturated carbocycles. The van der Waals surface area contributed by atoms with E-state index in [1.807, 2.05) is 4.57 Å². The van der Waals surface area contributed by atoms with Crippen LogP contribution in [0.5, 0.6) is 0 Å². The van der Waals surface area contributed by atoms with Crippen molar-refractivity contribution < 1.29 is 14.3 Å². The quantitative estimate of drug-likeness (QED) is 0.324. The molecule has 0 spiro atoms. The Kier molecular flexibility index (Phi) is 6.64. The number of hydrogen-bond donors (Lipinski definition) is 0. The van der Waals surface area contributed by atoms with Gasteiger partial charge in [-0.2, -0.15) is 0 Å². The molecule has 7 heteroatoms. The van der Waals surface area contributed by atoms with Crippen molar-refractivity contribution in [3.63, 3.8) is 0 Å². The van der Waals surface area contributed by atoms with Crippen molar-refractivity contribution in [3.8, 4) is 0 Å². The van der Waals surface area contributed by atoms with Crippen LogP contribution in [0.3, 0.4) is 0 Å². The summed E-state index contributed by atoms with van der Waals surface area (Å²) < 4.78 is 12.8. The Morgan fingerprint density at radius 3 is 2.80 bits per heavy atom. The van der Waals surface area contributed by atoms with E-state index in [0.717, 1.165) is 18.3 Å². The molecule has 0 fully saturated rings. The lowest BCUT2D eigenvalue weighted by atomic mass is 10.4. The van der Waals surface area contributed by atoms with Gasteiger partial charge in [-0.3, -0.25) is 4.57 Å². The average molecular weight is 361 g/mol. The minimum absolute atomic E-state index is 0.395. The number of ether oxygens (including phenoxy) is 2. The smallest absolute Gasteiger partial charge is 0.330 e. The van der Waals surface area contributed by atoms with Gasteiger partial charge in [-0.25, -0.2) is 9.78 Å². The van der Waals surface area contributed by atoms with Crippen LogP contribution in [-0.4, -0.2) is 37.3 Å². The second-order valence-corrected chi connectivity index (χ2v) is 11.9. The topological polar surface area (TPSA) is 53.3 Å². The summed E-state index contributed by atoms with van der Waals surface area (Å²) in [6.07, 6.45) is 4.69. The third kappa shape index (κ3) is 6.02. The average Bonchev–Trinajstić information content (AvgIpc) is 2.71. The number of methoxy groups -OCH3 is 1. The highest BCUT2D eigenvalue weighted by atomic mass is 79.9. The van der Waals surface area contributed by atoms with Crippen molar-refractivity contribution in [2.45, 2.75) is 32.4 Å². The molecule has 0 unspecified atom stereocenters. The first-order valence-electron chi connectivity index (χ1n) is 6.38. The first-order valence-corrected chi connectivity index (χ1v) is 10.9. The van der Waals surface area contributed by atoms with Crippen molar-refractivity contribution in [3.05, 3.63) is 22.7 Å². The molecule has 0 bridgehead atoms. The summed E-state index contributed by atoms with van der Waals surface area (Å²) in [5, 5.41) is 0. The van der Waals surface area contributed by atoms with Crippen LogP contribution in [0.15, 0.2) is 17.0 Å². The van der Waals surface area contributed by atoms with E-state index >= 15 is 0 Å². The van der Waals surface area contributed by atoms with Gasteiger partial charge in [-0.15, -0.1) is 0 Å². The van der Waals surface area contributed by atoms with Gasteiger partial charge in [-0.05, 0) is 28.1 Å². The first-order chi connectivity index (χ1) is 9.33. The van der Waals surface area contributed by atoms with Gasteiger partial charge < -0.3 is 9.47 Å². The predicted octanol–water partition coefficient (Wildman–Crippen LogP) is 3.14. The van der Waals surface area contributed by atoms with E-state index in [9.17, 15) is 4.79 Å². The van der Waals surface area contributed by atoms with E-state index in [1.54, 1.807) is 12.3 Å². The lowest BCUT2D eigenvalue weighted by Crippen LogP contribution is -2.22. The molecular weight excluding hydrogens is 340 g/mol. The SMILES string of the molecule is COC(=O)/C=C/c1cnc(Br)n1COCC[Si](C)(C)C. The highest BCUT2D eigenvalue weighted by Crippen LogP contribution is 2.14. The second kappa shape index (κ2) is 7.75. The lowest BCUT2D eigenvalue weighted by Gasteiger charge is -2.16. The molecule has 0 amide bonds. The van der Waals surface area contributed by atoms with Crippen LogP contribution in [0.2, 0.25) is 25.7 Å². The molecule has 1 aromatic heterocycles. The molecule has 1 aromatic rings. The highest BCUT2D eigenvalue weighted by molar-refractivity contribution is 9.10. The number of aromatic nitrogens is 2. The number of imidazole rings is 1. The van der Waals surface area contributed by atoms with Gasteiger partial charge in [-0.1, -0.05) is 19.6 Å². The maximum Gasteiger partial charge on any atom is 0.330 e. The van der Waals surface area contributed by atoms with E-state index < -0.39 is 14.0 Å². The number of hydrogen-bond acceptors (Lipinski definition) is 4. The molecule has 0 aliphatic rings. The minimum atomic E-state index is -1.08. The fraction of sp³-hybridized carbons (Fsp3) is 0.538. The van der Waals surface area contributed by atoms with Crippen molar-refractivity contribution in [2.24, 2.45) is 0 Å². The number of halogens is 1. The van der Waals surface area contributed by atoms with E-state index in [2.05, 4.69) is 45.3 Å². The number of carbonyl (C=O) groups is 1. The molecule has 0 saturated heterocycles. The molecule has 0 aromatic carbocycles. The van der Waals surface area contributed by atoms with Gasteiger partial charge >= 0.3 is 5.97 Å². The summed E-state index contributed by atoms with van der Waals surface area (Å²) in [5.41, 5.74) is 0.787. The zero-order valence-electron chi connectivity index (χ0n) is 12.4. The summed E-state index contributed by atoms with van der Waals surface area (Å²) in [4.78, 5) is 15.2. The molecule has 0 atom stereocenters. The Bertz CT molecular complexity index is 480. The normalized spacial score (nSPS) is 12.1. The number of carbonyl (C=O) groups excluding carboxylic acids is 1. The van der Waals surface area contributed by atoms with Gasteiger partial charge in [0.1, 0.15) is 6.73 Å². The molecule has 112 valence electrons. The number of rotatable bonds is 7. The maximum absolute atomic E-state index is 11.1. The van der Waals surface area contributed by atoms with Crippen molar-refractivity contribution in [2.75, 3.05) is 13.7 Å². The largest absolute Gasteiger partial charge is 0.466 e. The molecule has 0 N–H and O–H groups in total. The van der Waals surface area contributed by atoms with Crippen LogP contribution in [0.25, 0.3) is 6.08 Å². The number of nitrogens with zero attached hydrogens (tertiary/aromatic N) is 2. The van der Waals surface area contributed by atoms with Gasteiger partial charge in [0, 0.05) is 20.8 Å². The highest BCUT2D eigenvalue weighted by Gasteiger charge is 2.12. The second-order valence-electron chi connectivity index (χ2n) is 5.58. The van der Waals surface area contributed by atoms with Crippen LogP contribution in [0.4, 0.5) is 0 Å². The number of esters is 1. The molecule has 1 heterocycles. The Labute approximate surface area is 129 Å². The van der Waals surface area contributed by atoms with Crippen molar-refractivity contribution in [1.82, 2.24) is 9.55 Å². The van der Waals surface area contributed by atoms with Gasteiger partial charge in [0.05, 0.1) is 19.0 Å². The third-order valence-corrected chi connectivity index (χ3v) is 4.98. The molecule has 0 radical (unpaired) electrons. The van der Waals surface area contributed by atoms with Crippen molar-refractivity contribution in [1.29, 1.82) is 0 Å². The summed E-state index contributed by atoms with van der Waals surface area (Å²) in [5.74, 6) is -0.395. The Balaban J connectivity index is 2.59. The van der Waals surface area contributed by atoms with Crippen LogP contribution >= 0.6 is 15.9 Å². The first kappa shape index (κ1) is 17.1. The lowest BCUT2D eigenvalue weighted by molar-refractivity contribution is -0.134. The Morgan fingerprint density at radius 2 is 2.20 bits per heavy atom. The molecule has 1 rings (SSSR count). The standard InChI is InChI=1S/C13H21BrN2O3Si/c1-18-12(17)6-5-11-9-15-13(14)16(11)10-19-7-8-20(2,3)4/h5-6,9H,7-8,10H2,1-4H3/b6-5+. The Hall–Kier alpha value is -0.923. The predicted molar refractivity (Wildman–Crippen MR) is 85.1 cm³/mol. The third-order valence-electron chi connectivity index (χ3n) is 2.65. The van der Waals surface area contributed by atoms with Crippen LogP contribution in [-0.2, 0) is 21.0 Å². The monoisotopic (exact) mass is 360 g/mol. The van der Waals surface area contributed by atoms with Crippen LogP contribution in [0, 0.1) is 0 Å². The zero-order valence-corrected chi connectivity index (χ0v) is 14.9. The molecule has 0 aliphatic carbocycles. The summed E-state index contributed by atoms with van der Waals surface area (Å²) in [6.45, 7) is 8.09. The summed E-state index contributed by atoms with van der Waals surface area (Å²) in [6, 6.07) is 1.12. The van der Waals surface area contributed by atoms with Gasteiger partial charge in [0.15, 0.2) is 4.73 Å². The van der Waals surface area contributed by atoms with Crippen LogP contribution in [0.1, 0.15) is 5.69 Å². The van der Waals surface area contributed by atoms with E-state index in [4.69, 9.17) is 4.74 Å².